The lowest BCUT2D eigenvalue weighted by molar-refractivity contribution is -0.198. The first-order valence-electron chi connectivity index (χ1n) is 12.1. The quantitative estimate of drug-likeness (QED) is 0.311. The lowest BCUT2D eigenvalue weighted by Gasteiger charge is -2.56. The predicted octanol–water partition coefficient (Wildman–Crippen LogP) is 1.11. The zero-order valence-electron chi connectivity index (χ0n) is 20.8. The van der Waals surface area contributed by atoms with Crippen LogP contribution in [0.4, 0.5) is 0 Å². The SMILES string of the molecule is CCCCOC1C(C(N)=O)=C(O)[C@@H](N(C)C)[C@@H]2[C@@H](O)[C@H]3C(=C(O)c4c(O)cccc4[C@@H]3C)C(=O)[C@]12O. The summed E-state index contributed by atoms with van der Waals surface area (Å²) in [6, 6.07) is 3.51. The molecule has 1 amide bonds. The number of carbonyl (C=O) groups excluding carboxylic acids is 2. The van der Waals surface area contributed by atoms with E-state index in [0.29, 0.717) is 18.4 Å². The van der Waals surface area contributed by atoms with Gasteiger partial charge in [-0.3, -0.25) is 14.5 Å². The number of rotatable bonds is 6. The second kappa shape index (κ2) is 9.19. The van der Waals surface area contributed by atoms with Crippen LogP contribution in [0.5, 0.6) is 5.75 Å². The van der Waals surface area contributed by atoms with E-state index >= 15 is 0 Å². The Morgan fingerprint density at radius 3 is 2.47 bits per heavy atom. The second-order valence-corrected chi connectivity index (χ2v) is 10.2. The molecule has 1 aromatic rings. The Bertz CT molecular complexity index is 1160. The minimum absolute atomic E-state index is 0.0464. The molecule has 3 aliphatic carbocycles. The molecule has 1 fully saturated rings. The Morgan fingerprint density at radius 2 is 1.89 bits per heavy atom. The number of ketones is 1. The van der Waals surface area contributed by atoms with Gasteiger partial charge in [-0.05, 0) is 38.1 Å². The minimum Gasteiger partial charge on any atom is -0.510 e. The molecule has 0 bridgehead atoms. The molecule has 196 valence electrons. The molecule has 1 unspecified atom stereocenters. The number of aliphatic hydroxyl groups excluding tert-OH is 3. The molecule has 3 aliphatic rings. The Balaban J connectivity index is 2.02. The van der Waals surface area contributed by atoms with E-state index in [-0.39, 0.29) is 23.5 Å². The Kier molecular flexibility index (Phi) is 6.67. The number of hydrogen-bond acceptors (Lipinski definition) is 9. The molecule has 1 saturated carbocycles. The van der Waals surface area contributed by atoms with E-state index in [9.17, 15) is 35.1 Å². The number of phenolic OH excluding ortho intramolecular Hbond substituents is 1. The molecule has 0 saturated heterocycles. The van der Waals surface area contributed by atoms with Gasteiger partial charge < -0.3 is 36.0 Å². The van der Waals surface area contributed by atoms with Crippen molar-refractivity contribution in [3.05, 3.63) is 46.2 Å². The van der Waals surface area contributed by atoms with Crippen molar-refractivity contribution >= 4 is 17.4 Å². The zero-order valence-corrected chi connectivity index (χ0v) is 20.8. The molecule has 10 heteroatoms. The number of amides is 1. The summed E-state index contributed by atoms with van der Waals surface area (Å²) < 4.78 is 5.85. The first-order chi connectivity index (χ1) is 16.9. The number of fused-ring (bicyclic) bond motifs is 3. The minimum atomic E-state index is -2.54. The predicted molar refractivity (Wildman–Crippen MR) is 130 cm³/mol. The smallest absolute Gasteiger partial charge is 0.250 e. The highest BCUT2D eigenvalue weighted by molar-refractivity contribution is 6.11. The summed E-state index contributed by atoms with van der Waals surface area (Å²) in [5.41, 5.74) is 2.94. The average molecular weight is 503 g/mol. The van der Waals surface area contributed by atoms with Crippen molar-refractivity contribution in [3.8, 4) is 5.75 Å². The third-order valence-electron chi connectivity index (χ3n) is 7.94. The van der Waals surface area contributed by atoms with Gasteiger partial charge in [-0.1, -0.05) is 32.4 Å². The first kappa shape index (κ1) is 26.2. The summed E-state index contributed by atoms with van der Waals surface area (Å²) in [6.45, 7) is 3.71. The van der Waals surface area contributed by atoms with Gasteiger partial charge >= 0.3 is 0 Å². The van der Waals surface area contributed by atoms with Crippen molar-refractivity contribution in [1.82, 2.24) is 4.90 Å². The fraction of sp³-hybridized carbons (Fsp3) is 0.538. The monoisotopic (exact) mass is 502 g/mol. The normalized spacial score (nSPS) is 33.9. The maximum absolute atomic E-state index is 14.2. The standard InChI is InChI=1S/C26H34N2O8/c1-5-6-10-36-24-17(25(27)34)22(32)19(28(3)4)18-21(31)14-11(2)12-8-7-9-13(29)15(12)20(30)16(14)23(33)26(18,24)35/h7-9,11,14,18-19,21,24,29-32,35H,5-6,10H2,1-4H3,(H2,27,34)/t11-,14+,18+,19-,21-,24?,26-/m0/s1. The van der Waals surface area contributed by atoms with Crippen LogP contribution >= 0.6 is 0 Å². The third kappa shape index (κ3) is 3.47. The van der Waals surface area contributed by atoms with Gasteiger partial charge in [-0.25, -0.2) is 0 Å². The molecule has 1 aromatic carbocycles. The van der Waals surface area contributed by atoms with Gasteiger partial charge in [0.05, 0.1) is 23.3 Å². The number of aliphatic hydroxyl groups is 4. The molecule has 0 aliphatic heterocycles. The van der Waals surface area contributed by atoms with E-state index in [4.69, 9.17) is 10.5 Å². The van der Waals surface area contributed by atoms with Gasteiger partial charge in [0, 0.05) is 24.0 Å². The summed E-state index contributed by atoms with van der Waals surface area (Å²) in [5.74, 6) is -6.11. The molecular formula is C26H34N2O8. The number of nitrogens with two attached hydrogens (primary N) is 1. The lowest BCUT2D eigenvalue weighted by Crippen LogP contribution is -2.73. The number of benzene rings is 1. The number of phenols is 1. The van der Waals surface area contributed by atoms with Gasteiger partial charge in [0.25, 0.3) is 5.91 Å². The molecule has 4 rings (SSSR count). The maximum atomic E-state index is 14.2. The number of hydrogen-bond donors (Lipinski definition) is 6. The second-order valence-electron chi connectivity index (χ2n) is 10.2. The Hall–Kier alpha value is -2.92. The van der Waals surface area contributed by atoms with Gasteiger partial charge in [-0.15, -0.1) is 0 Å². The molecule has 0 spiro atoms. The number of aromatic hydroxyl groups is 1. The average Bonchev–Trinajstić information content (AvgIpc) is 2.80. The van der Waals surface area contributed by atoms with Crippen LogP contribution in [0.15, 0.2) is 35.1 Å². The van der Waals surface area contributed by atoms with Crippen LogP contribution < -0.4 is 5.73 Å². The highest BCUT2D eigenvalue weighted by Gasteiger charge is 2.69. The number of unbranched alkanes of at least 4 members (excludes halogenated alkanes) is 1. The van der Waals surface area contributed by atoms with Crippen molar-refractivity contribution in [1.29, 1.82) is 0 Å². The first-order valence-corrected chi connectivity index (χ1v) is 12.1. The van der Waals surface area contributed by atoms with Crippen molar-refractivity contribution in [3.63, 3.8) is 0 Å². The van der Waals surface area contributed by atoms with Gasteiger partial charge in [0.2, 0.25) is 0 Å². The van der Waals surface area contributed by atoms with E-state index in [1.807, 2.05) is 6.92 Å². The Labute approximate surface area is 209 Å². The van der Waals surface area contributed by atoms with Crippen LogP contribution in [0.1, 0.15) is 43.7 Å². The molecule has 10 nitrogen and oxygen atoms in total. The molecule has 0 radical (unpaired) electrons. The largest absolute Gasteiger partial charge is 0.510 e. The van der Waals surface area contributed by atoms with Crippen molar-refractivity contribution in [2.24, 2.45) is 17.6 Å². The lowest BCUT2D eigenvalue weighted by atomic mass is 9.53. The van der Waals surface area contributed by atoms with Crippen molar-refractivity contribution in [2.45, 2.75) is 56.5 Å². The van der Waals surface area contributed by atoms with Crippen LogP contribution in [0.2, 0.25) is 0 Å². The molecule has 0 heterocycles. The van der Waals surface area contributed by atoms with E-state index < -0.39 is 70.4 Å². The van der Waals surface area contributed by atoms with E-state index in [0.717, 1.165) is 0 Å². The zero-order chi connectivity index (χ0) is 26.7. The number of likely N-dealkylation sites (N-methyl/N-ethyl adjacent to an activating group) is 1. The molecular weight excluding hydrogens is 468 g/mol. The van der Waals surface area contributed by atoms with Crippen molar-refractivity contribution in [2.75, 3.05) is 20.7 Å². The molecule has 7 N–H and O–H groups in total. The number of nitrogens with zero attached hydrogens (tertiary/aromatic N) is 1. The van der Waals surface area contributed by atoms with Crippen LogP contribution in [-0.2, 0) is 14.3 Å². The van der Waals surface area contributed by atoms with Gasteiger partial charge in [0.1, 0.15) is 23.4 Å². The summed E-state index contributed by atoms with van der Waals surface area (Å²) in [7, 11) is 3.16. The van der Waals surface area contributed by atoms with E-state index in [1.165, 1.54) is 11.0 Å². The van der Waals surface area contributed by atoms with Crippen LogP contribution in [-0.4, -0.2) is 86.7 Å². The molecule has 7 atom stereocenters. The van der Waals surface area contributed by atoms with Gasteiger partial charge in [-0.2, -0.15) is 0 Å². The van der Waals surface area contributed by atoms with Crippen LogP contribution in [0.25, 0.3) is 5.76 Å². The number of primary amides is 1. The number of carbonyl (C=O) groups is 2. The molecule has 0 aromatic heterocycles. The van der Waals surface area contributed by atoms with Crippen LogP contribution in [0.3, 0.4) is 0 Å². The van der Waals surface area contributed by atoms with E-state index in [1.54, 1.807) is 33.2 Å². The summed E-state index contributed by atoms with van der Waals surface area (Å²) >= 11 is 0. The van der Waals surface area contributed by atoms with E-state index in [2.05, 4.69) is 0 Å². The van der Waals surface area contributed by atoms with Gasteiger partial charge in [0.15, 0.2) is 11.4 Å². The highest BCUT2D eigenvalue weighted by atomic mass is 16.5. The summed E-state index contributed by atoms with van der Waals surface area (Å²) in [4.78, 5) is 28.2. The van der Waals surface area contributed by atoms with Crippen molar-refractivity contribution < 1.29 is 39.9 Å². The highest BCUT2D eigenvalue weighted by Crippen LogP contribution is 2.56. The number of Topliss-reactive ketones (excluding diaryl/α,β-unsaturated/α-hetero) is 1. The fourth-order valence-corrected chi connectivity index (χ4v) is 6.29. The number of ether oxygens (including phenoxy) is 1. The fourth-order valence-electron chi connectivity index (χ4n) is 6.29. The molecule has 36 heavy (non-hydrogen) atoms. The summed E-state index contributed by atoms with van der Waals surface area (Å²) in [5, 5.41) is 56.8. The maximum Gasteiger partial charge on any atom is 0.250 e. The topological polar surface area (TPSA) is 174 Å². The Morgan fingerprint density at radius 1 is 1.22 bits per heavy atom. The summed E-state index contributed by atoms with van der Waals surface area (Å²) in [6.07, 6.45) is -1.87. The van der Waals surface area contributed by atoms with Crippen LogP contribution in [0, 0.1) is 11.8 Å². The third-order valence-corrected chi connectivity index (χ3v) is 7.94.